The third-order valence-corrected chi connectivity index (χ3v) is 5.94. The van der Waals surface area contributed by atoms with Crippen molar-refractivity contribution in [3.8, 4) is 0 Å². The number of hydrogen-bond acceptors (Lipinski definition) is 2. The molecule has 0 aromatic heterocycles. The molecule has 1 aliphatic carbocycles. The van der Waals surface area contributed by atoms with Crippen molar-refractivity contribution in [2.24, 2.45) is 0 Å². The van der Waals surface area contributed by atoms with E-state index in [9.17, 15) is 4.79 Å². The van der Waals surface area contributed by atoms with Crippen molar-refractivity contribution < 1.29 is 9.90 Å². The molecule has 0 atom stereocenters. The van der Waals surface area contributed by atoms with Crippen LogP contribution in [0.2, 0.25) is 0 Å². The standard InChI is InChI=1S/C21H24O2S/c1-2-15-6-8-16(9-7-15)14-24-20-12-10-17(11-13-21(22)23)18-4-3-5-19(18)20/h6-10,12H,2-5,11,13-14H2,1H3,(H,22,23). The minimum Gasteiger partial charge on any atom is -0.481 e. The number of aliphatic carboxylic acids is 1. The molecule has 24 heavy (non-hydrogen) atoms. The number of carboxylic acids is 1. The Kier molecular flexibility index (Phi) is 5.62. The van der Waals surface area contributed by atoms with Crippen molar-refractivity contribution in [1.29, 1.82) is 0 Å². The summed E-state index contributed by atoms with van der Waals surface area (Å²) in [4.78, 5) is 12.2. The second-order valence-electron chi connectivity index (χ2n) is 6.39. The van der Waals surface area contributed by atoms with Gasteiger partial charge in [0, 0.05) is 17.1 Å². The first kappa shape index (κ1) is 17.1. The summed E-state index contributed by atoms with van der Waals surface area (Å²) in [6.07, 6.45) is 5.39. The van der Waals surface area contributed by atoms with Crippen molar-refractivity contribution in [2.45, 2.75) is 56.1 Å². The fourth-order valence-corrected chi connectivity index (χ4v) is 4.47. The van der Waals surface area contributed by atoms with Gasteiger partial charge in [-0.05, 0) is 66.0 Å². The summed E-state index contributed by atoms with van der Waals surface area (Å²) in [5.74, 6) is 0.279. The molecule has 0 radical (unpaired) electrons. The lowest BCUT2D eigenvalue weighted by molar-refractivity contribution is -0.136. The van der Waals surface area contributed by atoms with E-state index in [1.165, 1.54) is 39.1 Å². The van der Waals surface area contributed by atoms with E-state index in [2.05, 4.69) is 43.3 Å². The highest BCUT2D eigenvalue weighted by atomic mass is 32.2. The second-order valence-corrected chi connectivity index (χ2v) is 7.40. The SMILES string of the molecule is CCc1ccc(CSc2ccc(CCC(=O)O)c3c2CCC3)cc1. The Morgan fingerprint density at radius 2 is 1.75 bits per heavy atom. The molecule has 0 aliphatic heterocycles. The van der Waals surface area contributed by atoms with Crippen LogP contribution in [0.1, 0.15) is 47.6 Å². The third-order valence-electron chi connectivity index (χ3n) is 4.77. The van der Waals surface area contributed by atoms with E-state index in [0.717, 1.165) is 25.0 Å². The molecule has 0 spiro atoms. The van der Waals surface area contributed by atoms with Crippen LogP contribution in [0.5, 0.6) is 0 Å². The maximum absolute atomic E-state index is 10.8. The minimum absolute atomic E-state index is 0.225. The number of benzene rings is 2. The van der Waals surface area contributed by atoms with Crippen LogP contribution in [0.15, 0.2) is 41.3 Å². The van der Waals surface area contributed by atoms with Crippen LogP contribution in [0.25, 0.3) is 0 Å². The molecule has 0 heterocycles. The van der Waals surface area contributed by atoms with E-state index in [4.69, 9.17) is 5.11 Å². The number of hydrogen-bond donors (Lipinski definition) is 1. The smallest absolute Gasteiger partial charge is 0.303 e. The predicted octanol–water partition coefficient (Wildman–Crippen LogP) is 5.05. The van der Waals surface area contributed by atoms with Crippen LogP contribution in [-0.2, 0) is 36.2 Å². The quantitative estimate of drug-likeness (QED) is 0.717. The Hall–Kier alpha value is -1.74. The van der Waals surface area contributed by atoms with Crippen LogP contribution in [0.4, 0.5) is 0 Å². The molecule has 0 saturated heterocycles. The van der Waals surface area contributed by atoms with Crippen LogP contribution >= 0.6 is 11.8 Å². The van der Waals surface area contributed by atoms with Crippen molar-refractivity contribution in [1.82, 2.24) is 0 Å². The highest BCUT2D eigenvalue weighted by Crippen LogP contribution is 2.36. The summed E-state index contributed by atoms with van der Waals surface area (Å²) in [6, 6.07) is 13.2. The van der Waals surface area contributed by atoms with Crippen LogP contribution in [0, 0.1) is 0 Å². The largest absolute Gasteiger partial charge is 0.481 e. The average Bonchev–Trinajstić information content (AvgIpc) is 3.09. The molecule has 0 unspecified atom stereocenters. The van der Waals surface area contributed by atoms with E-state index >= 15 is 0 Å². The van der Waals surface area contributed by atoms with E-state index in [1.54, 1.807) is 0 Å². The highest BCUT2D eigenvalue weighted by molar-refractivity contribution is 7.98. The van der Waals surface area contributed by atoms with Gasteiger partial charge < -0.3 is 5.11 Å². The van der Waals surface area contributed by atoms with Crippen molar-refractivity contribution in [3.05, 3.63) is 64.2 Å². The van der Waals surface area contributed by atoms with E-state index in [0.29, 0.717) is 6.42 Å². The number of fused-ring (bicyclic) bond motifs is 1. The highest BCUT2D eigenvalue weighted by Gasteiger charge is 2.19. The van der Waals surface area contributed by atoms with Gasteiger partial charge in [0.1, 0.15) is 0 Å². The summed E-state index contributed by atoms with van der Waals surface area (Å²) >= 11 is 1.91. The molecule has 3 heteroatoms. The number of rotatable bonds is 7. The van der Waals surface area contributed by atoms with Crippen LogP contribution < -0.4 is 0 Å². The Balaban J connectivity index is 1.71. The maximum Gasteiger partial charge on any atom is 0.303 e. The topological polar surface area (TPSA) is 37.3 Å². The Labute approximate surface area is 148 Å². The summed E-state index contributed by atoms with van der Waals surface area (Å²) in [5.41, 5.74) is 6.86. The van der Waals surface area contributed by atoms with E-state index in [1.807, 2.05) is 11.8 Å². The van der Waals surface area contributed by atoms with Gasteiger partial charge in [0.2, 0.25) is 0 Å². The number of carboxylic acid groups (broad SMARTS) is 1. The summed E-state index contributed by atoms with van der Waals surface area (Å²) in [5, 5.41) is 8.92. The summed E-state index contributed by atoms with van der Waals surface area (Å²) in [6.45, 7) is 2.18. The maximum atomic E-state index is 10.8. The van der Waals surface area contributed by atoms with Gasteiger partial charge in [0.25, 0.3) is 0 Å². The molecule has 0 bridgehead atoms. The third kappa shape index (κ3) is 4.02. The lowest BCUT2D eigenvalue weighted by atomic mass is 9.99. The lowest BCUT2D eigenvalue weighted by Gasteiger charge is -2.13. The Morgan fingerprint density at radius 1 is 1.04 bits per heavy atom. The number of thioether (sulfide) groups is 1. The molecule has 1 N–H and O–H groups in total. The Morgan fingerprint density at radius 3 is 2.46 bits per heavy atom. The Bertz CT molecular complexity index is 719. The van der Waals surface area contributed by atoms with Gasteiger partial charge in [-0.25, -0.2) is 0 Å². The number of aryl methyl sites for hydroxylation is 2. The van der Waals surface area contributed by atoms with E-state index in [-0.39, 0.29) is 6.42 Å². The molecule has 2 aromatic rings. The van der Waals surface area contributed by atoms with E-state index < -0.39 is 5.97 Å². The monoisotopic (exact) mass is 340 g/mol. The van der Waals surface area contributed by atoms with Gasteiger partial charge in [-0.15, -0.1) is 11.8 Å². The zero-order valence-electron chi connectivity index (χ0n) is 14.2. The molecular formula is C21H24O2S. The predicted molar refractivity (Wildman–Crippen MR) is 99.8 cm³/mol. The summed E-state index contributed by atoms with van der Waals surface area (Å²) < 4.78 is 0. The second kappa shape index (κ2) is 7.89. The molecular weight excluding hydrogens is 316 g/mol. The molecule has 0 fully saturated rings. The fraction of sp³-hybridized carbons (Fsp3) is 0.381. The molecule has 2 nitrogen and oxygen atoms in total. The normalized spacial score (nSPS) is 13.0. The first-order valence-electron chi connectivity index (χ1n) is 8.73. The first-order valence-corrected chi connectivity index (χ1v) is 9.72. The van der Waals surface area contributed by atoms with Crippen molar-refractivity contribution in [3.63, 3.8) is 0 Å². The average molecular weight is 340 g/mol. The molecule has 2 aromatic carbocycles. The molecule has 3 rings (SSSR count). The van der Waals surface area contributed by atoms with Gasteiger partial charge in [-0.3, -0.25) is 4.79 Å². The number of carbonyl (C=O) groups is 1. The zero-order chi connectivity index (χ0) is 16.9. The molecule has 0 saturated carbocycles. The van der Waals surface area contributed by atoms with Crippen LogP contribution in [0.3, 0.4) is 0 Å². The van der Waals surface area contributed by atoms with Gasteiger partial charge in [0.15, 0.2) is 0 Å². The van der Waals surface area contributed by atoms with Gasteiger partial charge in [-0.1, -0.05) is 37.3 Å². The van der Waals surface area contributed by atoms with Gasteiger partial charge in [0.05, 0.1) is 0 Å². The zero-order valence-corrected chi connectivity index (χ0v) is 15.0. The lowest BCUT2D eigenvalue weighted by Crippen LogP contribution is -2.01. The van der Waals surface area contributed by atoms with Gasteiger partial charge in [-0.2, -0.15) is 0 Å². The van der Waals surface area contributed by atoms with Gasteiger partial charge >= 0.3 is 5.97 Å². The minimum atomic E-state index is -0.712. The van der Waals surface area contributed by atoms with Crippen molar-refractivity contribution in [2.75, 3.05) is 0 Å². The molecule has 126 valence electrons. The summed E-state index contributed by atoms with van der Waals surface area (Å²) in [7, 11) is 0. The van der Waals surface area contributed by atoms with Crippen molar-refractivity contribution >= 4 is 17.7 Å². The molecule has 0 amide bonds. The fourth-order valence-electron chi connectivity index (χ4n) is 3.39. The first-order chi connectivity index (χ1) is 11.7. The van der Waals surface area contributed by atoms with Crippen LogP contribution in [-0.4, -0.2) is 11.1 Å². The molecule has 1 aliphatic rings.